The van der Waals surface area contributed by atoms with Crippen molar-refractivity contribution in [2.45, 2.75) is 31.8 Å². The van der Waals surface area contributed by atoms with Crippen LogP contribution in [0.4, 0.5) is 10.2 Å². The van der Waals surface area contributed by atoms with Crippen LogP contribution in [0.15, 0.2) is 42.1 Å². The molecule has 32 heavy (non-hydrogen) atoms. The quantitative estimate of drug-likeness (QED) is 0.596. The Morgan fingerprint density at radius 3 is 2.62 bits per heavy atom. The van der Waals surface area contributed by atoms with Gasteiger partial charge in [-0.2, -0.15) is 5.26 Å². The van der Waals surface area contributed by atoms with Crippen LogP contribution in [-0.4, -0.2) is 36.6 Å². The van der Waals surface area contributed by atoms with Gasteiger partial charge in [0.25, 0.3) is 5.91 Å². The van der Waals surface area contributed by atoms with Crippen molar-refractivity contribution in [1.82, 2.24) is 15.3 Å². The second kappa shape index (κ2) is 9.22. The molecule has 1 fully saturated rings. The van der Waals surface area contributed by atoms with Crippen LogP contribution in [0.5, 0.6) is 0 Å². The number of halogens is 2. The Kier molecular flexibility index (Phi) is 6.81. The monoisotopic (exact) mass is 477 g/mol. The molecule has 1 heterocycles. The zero-order valence-electron chi connectivity index (χ0n) is 17.3. The Bertz CT molecular complexity index is 1190. The van der Waals surface area contributed by atoms with Gasteiger partial charge >= 0.3 is 0 Å². The highest BCUT2D eigenvalue weighted by Crippen LogP contribution is 2.56. The van der Waals surface area contributed by atoms with Crippen LogP contribution < -0.4 is 10.6 Å². The highest BCUT2D eigenvalue weighted by atomic mass is 35.5. The number of anilines is 1. The van der Waals surface area contributed by atoms with Crippen molar-refractivity contribution in [3.05, 3.63) is 64.2 Å². The SMILES string of the molecule is C[C@H](/C=C/S(C)(=O)=O)NC(=O)c1cnc(N[C@H](c2cccc(F)c2Cl)C2(C#N)CC2)cn1. The molecule has 0 aliphatic heterocycles. The molecule has 1 amide bonds. The van der Waals surface area contributed by atoms with Gasteiger partial charge in [-0.3, -0.25) is 4.79 Å². The summed E-state index contributed by atoms with van der Waals surface area (Å²) < 4.78 is 36.4. The number of nitrogens with one attached hydrogen (secondary N) is 2. The third-order valence-electron chi connectivity index (χ3n) is 5.01. The van der Waals surface area contributed by atoms with Gasteiger partial charge in [-0.15, -0.1) is 0 Å². The van der Waals surface area contributed by atoms with Gasteiger partial charge in [0.1, 0.15) is 17.3 Å². The van der Waals surface area contributed by atoms with Crippen LogP contribution in [0.25, 0.3) is 0 Å². The molecule has 2 N–H and O–H groups in total. The molecule has 8 nitrogen and oxygen atoms in total. The molecule has 1 aromatic carbocycles. The normalized spacial score (nSPS) is 16.7. The van der Waals surface area contributed by atoms with E-state index in [2.05, 4.69) is 26.7 Å². The van der Waals surface area contributed by atoms with E-state index < -0.39 is 39.1 Å². The number of carbonyl (C=O) groups is 1. The summed E-state index contributed by atoms with van der Waals surface area (Å²) in [6.45, 7) is 1.62. The summed E-state index contributed by atoms with van der Waals surface area (Å²) in [6, 6.07) is 5.56. The first-order valence-corrected chi connectivity index (χ1v) is 12.0. The number of amides is 1. The average molecular weight is 478 g/mol. The van der Waals surface area contributed by atoms with Crippen molar-refractivity contribution >= 4 is 33.2 Å². The summed E-state index contributed by atoms with van der Waals surface area (Å²) in [5.41, 5.74) is -0.269. The van der Waals surface area contributed by atoms with E-state index in [0.29, 0.717) is 24.2 Å². The van der Waals surface area contributed by atoms with Gasteiger partial charge in [-0.25, -0.2) is 22.8 Å². The summed E-state index contributed by atoms with van der Waals surface area (Å²) in [4.78, 5) is 20.6. The highest BCUT2D eigenvalue weighted by Gasteiger charge is 2.51. The third kappa shape index (κ3) is 5.60. The minimum atomic E-state index is -3.30. The molecule has 11 heteroatoms. The predicted molar refractivity (Wildman–Crippen MR) is 118 cm³/mol. The molecule has 1 saturated carbocycles. The number of sulfone groups is 1. The van der Waals surface area contributed by atoms with E-state index in [1.165, 1.54) is 30.6 Å². The molecule has 0 unspecified atom stereocenters. The number of hydrogen-bond acceptors (Lipinski definition) is 7. The molecule has 2 aromatic rings. The number of rotatable bonds is 8. The van der Waals surface area contributed by atoms with Crippen molar-refractivity contribution < 1.29 is 17.6 Å². The van der Waals surface area contributed by atoms with Gasteiger partial charge in [-0.1, -0.05) is 29.8 Å². The van der Waals surface area contributed by atoms with Crippen molar-refractivity contribution in [2.24, 2.45) is 5.41 Å². The van der Waals surface area contributed by atoms with Crippen molar-refractivity contribution in [2.75, 3.05) is 11.6 Å². The lowest BCUT2D eigenvalue weighted by molar-refractivity contribution is 0.0941. The molecule has 1 aliphatic carbocycles. The van der Waals surface area contributed by atoms with Gasteiger partial charge in [0, 0.05) is 17.7 Å². The number of nitriles is 1. The van der Waals surface area contributed by atoms with E-state index in [-0.39, 0.29) is 10.7 Å². The Labute approximate surface area is 190 Å². The fourth-order valence-corrected chi connectivity index (χ4v) is 3.87. The average Bonchev–Trinajstić information content (AvgIpc) is 3.54. The second-order valence-corrected chi connectivity index (χ2v) is 10.0. The molecule has 0 spiro atoms. The van der Waals surface area contributed by atoms with Crippen LogP contribution in [0.2, 0.25) is 5.02 Å². The summed E-state index contributed by atoms with van der Waals surface area (Å²) in [7, 11) is -3.30. The topological polar surface area (TPSA) is 125 Å². The van der Waals surface area contributed by atoms with Crippen molar-refractivity contribution in [3.8, 4) is 6.07 Å². The summed E-state index contributed by atoms with van der Waals surface area (Å²) in [6.07, 6.45) is 6.24. The minimum Gasteiger partial charge on any atom is -0.360 e. The first-order valence-electron chi connectivity index (χ1n) is 9.67. The molecule has 168 valence electrons. The predicted octanol–water partition coefficient (Wildman–Crippen LogP) is 3.40. The molecular formula is C21H21ClFN5O3S. The van der Waals surface area contributed by atoms with Crippen molar-refractivity contribution in [3.63, 3.8) is 0 Å². The number of carbonyl (C=O) groups excluding carboxylic acids is 1. The molecule has 2 atom stereocenters. The van der Waals surface area contributed by atoms with E-state index >= 15 is 0 Å². The lowest BCUT2D eigenvalue weighted by Crippen LogP contribution is -2.32. The molecule has 3 rings (SSSR count). The number of hydrogen-bond donors (Lipinski definition) is 2. The lowest BCUT2D eigenvalue weighted by Gasteiger charge is -2.25. The first kappa shape index (κ1) is 23.6. The largest absolute Gasteiger partial charge is 0.360 e. The van der Waals surface area contributed by atoms with Crippen molar-refractivity contribution in [1.29, 1.82) is 5.26 Å². The van der Waals surface area contributed by atoms with Crippen LogP contribution in [0.1, 0.15) is 41.9 Å². The van der Waals surface area contributed by atoms with Gasteiger partial charge < -0.3 is 10.6 Å². The molecule has 0 radical (unpaired) electrons. The first-order chi connectivity index (χ1) is 15.0. The fraction of sp³-hybridized carbons (Fsp3) is 0.333. The van der Waals surface area contributed by atoms with Crippen LogP contribution in [-0.2, 0) is 9.84 Å². The smallest absolute Gasteiger partial charge is 0.271 e. The standard InChI is InChI=1S/C21H21ClFN5O3S/c1-13(6-9-32(2,30)31)27-20(29)16-10-26-17(11-25-16)28-19(21(12-24)7-8-21)14-4-3-5-15(23)18(14)22/h3-6,9-11,13,19H,7-8H2,1-2H3,(H,26,28)(H,27,29)/b9-6+/t13-,19-/m1/s1. The third-order valence-corrected chi connectivity index (χ3v) is 6.06. The Morgan fingerprint density at radius 1 is 1.34 bits per heavy atom. The van der Waals surface area contributed by atoms with E-state index in [9.17, 15) is 22.9 Å². The highest BCUT2D eigenvalue weighted by molar-refractivity contribution is 7.93. The van der Waals surface area contributed by atoms with E-state index in [1.54, 1.807) is 13.0 Å². The van der Waals surface area contributed by atoms with E-state index in [0.717, 1.165) is 11.7 Å². The number of aromatic nitrogens is 2. The summed E-state index contributed by atoms with van der Waals surface area (Å²) in [5, 5.41) is 16.3. The Balaban J connectivity index is 1.76. The Morgan fingerprint density at radius 2 is 2.06 bits per heavy atom. The number of nitrogens with zero attached hydrogens (tertiary/aromatic N) is 3. The summed E-state index contributed by atoms with van der Waals surface area (Å²) in [5.74, 6) is -0.824. The van der Waals surface area contributed by atoms with Gasteiger partial charge in [0.2, 0.25) is 0 Å². The molecular weight excluding hydrogens is 457 g/mol. The fourth-order valence-electron chi connectivity index (χ4n) is 3.11. The zero-order valence-corrected chi connectivity index (χ0v) is 18.9. The van der Waals surface area contributed by atoms with Gasteiger partial charge in [0.05, 0.1) is 34.9 Å². The zero-order chi connectivity index (χ0) is 23.5. The molecule has 1 aliphatic rings. The maximum absolute atomic E-state index is 14.0. The van der Waals surface area contributed by atoms with Crippen LogP contribution in [0.3, 0.4) is 0 Å². The van der Waals surface area contributed by atoms with E-state index in [4.69, 9.17) is 11.6 Å². The van der Waals surface area contributed by atoms with Gasteiger partial charge in [-0.05, 0) is 31.4 Å². The molecule has 0 bridgehead atoms. The maximum atomic E-state index is 14.0. The molecule has 0 saturated heterocycles. The minimum absolute atomic E-state index is 0.0249. The maximum Gasteiger partial charge on any atom is 0.271 e. The van der Waals surface area contributed by atoms with E-state index in [1.807, 2.05) is 0 Å². The lowest BCUT2D eigenvalue weighted by atomic mass is 9.91. The van der Waals surface area contributed by atoms with Crippen LogP contribution >= 0.6 is 11.6 Å². The second-order valence-electron chi connectivity index (χ2n) is 7.70. The molecule has 1 aromatic heterocycles. The summed E-state index contributed by atoms with van der Waals surface area (Å²) >= 11 is 6.16. The van der Waals surface area contributed by atoms with Crippen LogP contribution in [0, 0.1) is 22.6 Å². The van der Waals surface area contributed by atoms with Gasteiger partial charge in [0.15, 0.2) is 9.84 Å². The Hall–Kier alpha value is -3.03. The number of benzene rings is 1.